The lowest BCUT2D eigenvalue weighted by Crippen LogP contribution is -2.35. The Labute approximate surface area is 167 Å². The normalized spacial score (nSPS) is 11.3. The molecule has 2 aromatic carbocycles. The summed E-state index contributed by atoms with van der Waals surface area (Å²) < 4.78 is 2.22. The molecule has 0 radical (unpaired) electrons. The number of rotatable bonds is 7. The van der Waals surface area contributed by atoms with Crippen molar-refractivity contribution in [3.63, 3.8) is 0 Å². The molecule has 1 amide bonds. The fraction of sp³-hybridized carbons (Fsp3) is 0.240. The van der Waals surface area contributed by atoms with E-state index < -0.39 is 0 Å². The molecule has 0 unspecified atom stereocenters. The van der Waals surface area contributed by atoms with Gasteiger partial charge in [0.05, 0.1) is 6.54 Å². The second kappa shape index (κ2) is 9.23. The lowest BCUT2D eigenvalue weighted by Gasteiger charge is -2.26. The van der Waals surface area contributed by atoms with Crippen molar-refractivity contribution >= 4 is 12.0 Å². The molecule has 1 aromatic heterocycles. The predicted octanol–water partition coefficient (Wildman–Crippen LogP) is 5.30. The van der Waals surface area contributed by atoms with E-state index in [4.69, 9.17) is 0 Å². The molecule has 0 N–H and O–H groups in total. The first-order valence-corrected chi connectivity index (χ1v) is 9.76. The van der Waals surface area contributed by atoms with Crippen LogP contribution < -0.4 is 0 Å². The zero-order valence-electron chi connectivity index (χ0n) is 16.9. The Morgan fingerprint density at radius 2 is 1.82 bits per heavy atom. The zero-order chi connectivity index (χ0) is 19.9. The molecule has 3 aromatic rings. The van der Waals surface area contributed by atoms with Crippen LogP contribution in [0.4, 0.5) is 0 Å². The van der Waals surface area contributed by atoms with Crippen molar-refractivity contribution in [1.29, 1.82) is 0 Å². The van der Waals surface area contributed by atoms with E-state index in [0.29, 0.717) is 6.54 Å². The number of aromatic nitrogens is 1. The molecule has 0 fully saturated rings. The molecule has 1 heterocycles. The van der Waals surface area contributed by atoms with Gasteiger partial charge in [0, 0.05) is 30.6 Å². The molecular weight excluding hydrogens is 344 g/mol. The minimum Gasteiger partial charge on any atom is -0.345 e. The standard InChI is InChI=1S/C25H28N2O/c1-20(2)27(25(28)15-14-22-10-5-4-6-11-22)19-24-13-8-16-26(24)18-23-12-7-9-21(3)17-23/h4-17,20H,18-19H2,1-3H3/b15-14+. The Morgan fingerprint density at radius 1 is 1.04 bits per heavy atom. The van der Waals surface area contributed by atoms with Crippen molar-refractivity contribution in [2.75, 3.05) is 0 Å². The molecule has 3 heteroatoms. The number of nitrogens with zero attached hydrogens (tertiary/aromatic N) is 2. The predicted molar refractivity (Wildman–Crippen MR) is 116 cm³/mol. The van der Waals surface area contributed by atoms with E-state index in [9.17, 15) is 4.79 Å². The fourth-order valence-corrected chi connectivity index (χ4v) is 3.27. The van der Waals surface area contributed by atoms with E-state index in [1.807, 2.05) is 47.4 Å². The van der Waals surface area contributed by atoms with Crippen molar-refractivity contribution in [1.82, 2.24) is 9.47 Å². The van der Waals surface area contributed by atoms with Crippen molar-refractivity contribution < 1.29 is 4.79 Å². The second-order valence-corrected chi connectivity index (χ2v) is 7.42. The molecule has 3 rings (SSSR count). The van der Waals surface area contributed by atoms with Gasteiger partial charge in [-0.1, -0.05) is 60.2 Å². The summed E-state index contributed by atoms with van der Waals surface area (Å²) in [6, 6.07) is 22.7. The minimum absolute atomic E-state index is 0.0298. The van der Waals surface area contributed by atoms with Gasteiger partial charge in [-0.2, -0.15) is 0 Å². The van der Waals surface area contributed by atoms with Crippen LogP contribution in [0.3, 0.4) is 0 Å². The second-order valence-electron chi connectivity index (χ2n) is 7.42. The van der Waals surface area contributed by atoms with Gasteiger partial charge < -0.3 is 9.47 Å². The highest BCUT2D eigenvalue weighted by Crippen LogP contribution is 2.14. The first-order chi connectivity index (χ1) is 13.5. The van der Waals surface area contributed by atoms with Gasteiger partial charge in [0.2, 0.25) is 5.91 Å². The third kappa shape index (κ3) is 5.23. The highest BCUT2D eigenvalue weighted by atomic mass is 16.2. The highest BCUT2D eigenvalue weighted by Gasteiger charge is 2.16. The van der Waals surface area contributed by atoms with Gasteiger partial charge >= 0.3 is 0 Å². The number of benzene rings is 2. The Morgan fingerprint density at radius 3 is 2.54 bits per heavy atom. The molecule has 0 aliphatic rings. The quantitative estimate of drug-likeness (QED) is 0.517. The lowest BCUT2D eigenvalue weighted by molar-refractivity contribution is -0.128. The van der Waals surface area contributed by atoms with Crippen LogP contribution >= 0.6 is 0 Å². The summed E-state index contributed by atoms with van der Waals surface area (Å²) in [6.45, 7) is 7.63. The summed E-state index contributed by atoms with van der Waals surface area (Å²) in [6.07, 6.45) is 5.63. The summed E-state index contributed by atoms with van der Waals surface area (Å²) in [4.78, 5) is 14.7. The number of carbonyl (C=O) groups is 1. The first-order valence-electron chi connectivity index (χ1n) is 9.76. The molecule has 0 saturated heterocycles. The van der Waals surface area contributed by atoms with Gasteiger partial charge in [0.25, 0.3) is 0 Å². The number of hydrogen-bond donors (Lipinski definition) is 0. The van der Waals surface area contributed by atoms with Gasteiger partial charge in [-0.05, 0) is 50.1 Å². The van der Waals surface area contributed by atoms with Crippen molar-refractivity contribution in [2.24, 2.45) is 0 Å². The maximum atomic E-state index is 12.8. The molecule has 0 spiro atoms. The Bertz CT molecular complexity index is 938. The van der Waals surface area contributed by atoms with Gasteiger partial charge in [-0.25, -0.2) is 0 Å². The van der Waals surface area contributed by atoms with Crippen LogP contribution in [0.2, 0.25) is 0 Å². The summed E-state index contributed by atoms with van der Waals surface area (Å²) in [5.74, 6) is 0.0298. The van der Waals surface area contributed by atoms with Crippen LogP contribution in [-0.4, -0.2) is 21.4 Å². The smallest absolute Gasteiger partial charge is 0.247 e. The average molecular weight is 373 g/mol. The minimum atomic E-state index is 0.0298. The lowest BCUT2D eigenvalue weighted by atomic mass is 10.1. The van der Waals surface area contributed by atoms with Gasteiger partial charge in [-0.3, -0.25) is 4.79 Å². The Balaban J connectivity index is 1.73. The highest BCUT2D eigenvalue weighted by molar-refractivity contribution is 5.91. The third-order valence-electron chi connectivity index (χ3n) is 4.82. The van der Waals surface area contributed by atoms with Crippen LogP contribution in [0.25, 0.3) is 6.08 Å². The molecule has 144 valence electrons. The monoisotopic (exact) mass is 372 g/mol. The summed E-state index contributed by atoms with van der Waals surface area (Å²) >= 11 is 0. The Kier molecular flexibility index (Phi) is 6.49. The van der Waals surface area contributed by atoms with E-state index in [1.54, 1.807) is 6.08 Å². The van der Waals surface area contributed by atoms with E-state index in [2.05, 4.69) is 61.9 Å². The van der Waals surface area contributed by atoms with Crippen LogP contribution in [0.1, 0.15) is 36.2 Å². The van der Waals surface area contributed by atoms with Crippen LogP contribution in [-0.2, 0) is 17.9 Å². The van der Waals surface area contributed by atoms with Crippen LogP contribution in [0.15, 0.2) is 79.0 Å². The largest absolute Gasteiger partial charge is 0.345 e. The molecular formula is C25H28N2O. The van der Waals surface area contributed by atoms with Crippen molar-refractivity contribution in [3.05, 3.63) is 101 Å². The van der Waals surface area contributed by atoms with Crippen molar-refractivity contribution in [2.45, 2.75) is 39.9 Å². The zero-order valence-corrected chi connectivity index (χ0v) is 16.9. The van der Waals surface area contributed by atoms with E-state index in [0.717, 1.165) is 17.8 Å². The van der Waals surface area contributed by atoms with Crippen molar-refractivity contribution in [3.8, 4) is 0 Å². The van der Waals surface area contributed by atoms with E-state index in [1.165, 1.54) is 11.1 Å². The summed E-state index contributed by atoms with van der Waals surface area (Å²) in [5, 5.41) is 0. The van der Waals surface area contributed by atoms with Crippen LogP contribution in [0.5, 0.6) is 0 Å². The average Bonchev–Trinajstić information content (AvgIpc) is 3.11. The van der Waals surface area contributed by atoms with Crippen LogP contribution in [0, 0.1) is 6.92 Å². The molecule has 3 nitrogen and oxygen atoms in total. The van der Waals surface area contributed by atoms with E-state index >= 15 is 0 Å². The third-order valence-corrected chi connectivity index (χ3v) is 4.82. The topological polar surface area (TPSA) is 25.2 Å². The molecule has 0 aliphatic carbocycles. The Hall–Kier alpha value is -3.07. The number of hydrogen-bond acceptors (Lipinski definition) is 1. The van der Waals surface area contributed by atoms with Gasteiger partial charge in [0.15, 0.2) is 0 Å². The number of carbonyl (C=O) groups excluding carboxylic acids is 1. The molecule has 0 bridgehead atoms. The number of amides is 1. The fourth-order valence-electron chi connectivity index (χ4n) is 3.27. The van der Waals surface area contributed by atoms with Gasteiger partial charge in [-0.15, -0.1) is 0 Å². The SMILES string of the molecule is Cc1cccc(Cn2cccc2CN(C(=O)/C=C/c2ccccc2)C(C)C)c1. The maximum Gasteiger partial charge on any atom is 0.247 e. The molecule has 0 aliphatic heterocycles. The molecule has 0 atom stereocenters. The molecule has 0 saturated carbocycles. The first kappa shape index (κ1) is 19.7. The van der Waals surface area contributed by atoms with Gasteiger partial charge in [0.1, 0.15) is 0 Å². The molecule has 28 heavy (non-hydrogen) atoms. The summed E-state index contributed by atoms with van der Waals surface area (Å²) in [7, 11) is 0. The number of aryl methyl sites for hydroxylation is 1. The maximum absolute atomic E-state index is 12.8. The summed E-state index contributed by atoms with van der Waals surface area (Å²) in [5.41, 5.74) is 4.69. The van der Waals surface area contributed by atoms with E-state index in [-0.39, 0.29) is 11.9 Å².